The van der Waals surface area contributed by atoms with Crippen LogP contribution in [0, 0.1) is 0 Å². The van der Waals surface area contributed by atoms with Crippen LogP contribution in [0.25, 0.3) is 16.5 Å². The number of fused-ring (bicyclic) bond motifs is 1. The maximum absolute atomic E-state index is 13.6. The van der Waals surface area contributed by atoms with Crippen LogP contribution in [0.1, 0.15) is 35.2 Å². The molecular formula is C22H17ClF2N2O2. The number of hydrogen-bond acceptors (Lipinski definition) is 3. The Bertz CT molecular complexity index is 1140. The molecule has 2 N–H and O–H groups in total. The lowest BCUT2D eigenvalue weighted by Gasteiger charge is -2.24. The Balaban J connectivity index is 1.90. The van der Waals surface area contributed by atoms with Crippen molar-refractivity contribution < 1.29 is 18.7 Å². The molecule has 2 aromatic carbocycles. The summed E-state index contributed by atoms with van der Waals surface area (Å²) in [4.78, 5) is 16.1. The summed E-state index contributed by atoms with van der Waals surface area (Å²) < 4.78 is 27.3. The molecule has 0 atom stereocenters. The molecule has 148 valence electrons. The van der Waals surface area contributed by atoms with Crippen LogP contribution < -0.4 is 5.32 Å². The summed E-state index contributed by atoms with van der Waals surface area (Å²) in [6.07, 6.45) is 2.80. The summed E-state index contributed by atoms with van der Waals surface area (Å²) in [7, 11) is 0. The van der Waals surface area contributed by atoms with Crippen LogP contribution in [0.5, 0.6) is 0 Å². The smallest absolute Gasteiger partial charge is 0.337 e. The number of nitrogens with one attached hydrogen (secondary N) is 1. The first kappa shape index (κ1) is 19.3. The van der Waals surface area contributed by atoms with Crippen LogP contribution >= 0.6 is 11.6 Å². The van der Waals surface area contributed by atoms with Crippen LogP contribution in [0.4, 0.5) is 20.2 Å². The fraction of sp³-hybridized carbons (Fsp3) is 0.182. The van der Waals surface area contributed by atoms with Crippen molar-refractivity contribution in [3.63, 3.8) is 0 Å². The number of hydrogen-bond donors (Lipinski definition) is 2. The van der Waals surface area contributed by atoms with Gasteiger partial charge in [-0.15, -0.1) is 0 Å². The second kappa shape index (κ2) is 7.44. The number of benzene rings is 2. The predicted octanol–water partition coefficient (Wildman–Crippen LogP) is 6.53. The lowest BCUT2D eigenvalue weighted by molar-refractivity contribution is -0.00603. The van der Waals surface area contributed by atoms with Gasteiger partial charge in [0.05, 0.1) is 22.5 Å². The number of allylic oxidation sites excluding steroid dienone is 2. The fourth-order valence-corrected chi connectivity index (χ4v) is 3.67. The van der Waals surface area contributed by atoms with Crippen LogP contribution in [-0.2, 0) is 0 Å². The summed E-state index contributed by atoms with van der Waals surface area (Å²) >= 11 is 6.19. The van der Waals surface area contributed by atoms with Gasteiger partial charge in [0.2, 0.25) is 0 Å². The number of anilines is 2. The number of aromatic nitrogens is 1. The third-order valence-electron chi connectivity index (χ3n) is 5.00. The number of nitrogens with zero attached hydrogens (tertiary/aromatic N) is 1. The molecule has 29 heavy (non-hydrogen) atoms. The van der Waals surface area contributed by atoms with Gasteiger partial charge in [-0.3, -0.25) is 4.98 Å². The minimum Gasteiger partial charge on any atom is -0.478 e. The van der Waals surface area contributed by atoms with Crippen molar-refractivity contribution in [3.8, 4) is 0 Å². The normalized spacial score (nSPS) is 15.8. The van der Waals surface area contributed by atoms with Gasteiger partial charge in [0, 0.05) is 35.0 Å². The second-order valence-electron chi connectivity index (χ2n) is 6.97. The predicted molar refractivity (Wildman–Crippen MR) is 110 cm³/mol. The van der Waals surface area contributed by atoms with E-state index in [-0.39, 0.29) is 24.8 Å². The number of pyridine rings is 1. The average Bonchev–Trinajstić information content (AvgIpc) is 2.69. The number of halogens is 3. The average molecular weight is 415 g/mol. The molecule has 0 saturated heterocycles. The van der Waals surface area contributed by atoms with Crippen molar-refractivity contribution in [2.45, 2.75) is 25.2 Å². The number of carboxylic acids is 1. The van der Waals surface area contributed by atoms with Crippen LogP contribution in [0.15, 0.2) is 54.7 Å². The van der Waals surface area contributed by atoms with Gasteiger partial charge in [-0.1, -0.05) is 29.8 Å². The fourth-order valence-electron chi connectivity index (χ4n) is 3.50. The van der Waals surface area contributed by atoms with Gasteiger partial charge in [-0.25, -0.2) is 13.6 Å². The summed E-state index contributed by atoms with van der Waals surface area (Å²) in [6.45, 7) is 0. The molecule has 0 aliphatic heterocycles. The number of alkyl halides is 2. The van der Waals surface area contributed by atoms with E-state index in [1.54, 1.807) is 42.6 Å². The van der Waals surface area contributed by atoms with Gasteiger partial charge < -0.3 is 10.4 Å². The number of carbonyl (C=O) groups is 1. The van der Waals surface area contributed by atoms with Gasteiger partial charge in [-0.2, -0.15) is 0 Å². The highest BCUT2D eigenvalue weighted by molar-refractivity contribution is 6.31. The zero-order valence-electron chi connectivity index (χ0n) is 15.3. The third-order valence-corrected chi connectivity index (χ3v) is 5.24. The molecule has 4 rings (SSSR count). The highest BCUT2D eigenvalue weighted by atomic mass is 35.5. The monoisotopic (exact) mass is 414 g/mol. The van der Waals surface area contributed by atoms with E-state index in [0.29, 0.717) is 32.9 Å². The van der Waals surface area contributed by atoms with E-state index in [9.17, 15) is 18.7 Å². The molecule has 0 saturated carbocycles. The highest BCUT2D eigenvalue weighted by Crippen LogP contribution is 2.41. The van der Waals surface area contributed by atoms with Crippen molar-refractivity contribution in [3.05, 3.63) is 70.9 Å². The summed E-state index contributed by atoms with van der Waals surface area (Å²) in [5, 5.41) is 13.9. The van der Waals surface area contributed by atoms with Crippen LogP contribution in [0.2, 0.25) is 5.02 Å². The van der Waals surface area contributed by atoms with E-state index < -0.39 is 11.9 Å². The Hall–Kier alpha value is -2.99. The summed E-state index contributed by atoms with van der Waals surface area (Å²) in [6, 6.07) is 11.7. The van der Waals surface area contributed by atoms with E-state index in [2.05, 4.69) is 10.3 Å². The van der Waals surface area contributed by atoms with Crippen molar-refractivity contribution in [1.82, 2.24) is 4.98 Å². The number of rotatable bonds is 4. The first-order chi connectivity index (χ1) is 13.8. The highest BCUT2D eigenvalue weighted by Gasteiger charge is 2.32. The van der Waals surface area contributed by atoms with Crippen LogP contribution in [-0.4, -0.2) is 22.0 Å². The van der Waals surface area contributed by atoms with E-state index in [0.717, 1.165) is 5.57 Å². The molecule has 1 aliphatic rings. The second-order valence-corrected chi connectivity index (χ2v) is 7.41. The Kier molecular flexibility index (Phi) is 4.96. The molecule has 0 bridgehead atoms. The Morgan fingerprint density at radius 2 is 2.00 bits per heavy atom. The Labute approximate surface area is 170 Å². The third kappa shape index (κ3) is 3.93. The van der Waals surface area contributed by atoms with Gasteiger partial charge in [0.15, 0.2) is 0 Å². The number of para-hydroxylation sites is 1. The Morgan fingerprint density at radius 3 is 2.72 bits per heavy atom. The number of aromatic carboxylic acids is 1. The molecule has 0 fully saturated rings. The Morgan fingerprint density at radius 1 is 1.21 bits per heavy atom. The lowest BCUT2D eigenvalue weighted by Crippen LogP contribution is -2.18. The quantitative estimate of drug-likeness (QED) is 0.509. The van der Waals surface area contributed by atoms with Crippen molar-refractivity contribution >= 4 is 45.4 Å². The molecule has 3 aromatic rings. The SMILES string of the molecule is O=C(O)c1ccccc1Nc1c(C2=CCC(F)(F)CC2)cnc2ccc(Cl)cc12. The van der Waals surface area contributed by atoms with Crippen molar-refractivity contribution in [2.75, 3.05) is 5.32 Å². The van der Waals surface area contributed by atoms with E-state index >= 15 is 0 Å². The maximum Gasteiger partial charge on any atom is 0.337 e. The molecule has 0 radical (unpaired) electrons. The van der Waals surface area contributed by atoms with Gasteiger partial charge in [-0.05, 0) is 42.3 Å². The molecule has 7 heteroatoms. The first-order valence-corrected chi connectivity index (χ1v) is 9.47. The largest absolute Gasteiger partial charge is 0.478 e. The lowest BCUT2D eigenvalue weighted by atomic mass is 9.90. The molecular weight excluding hydrogens is 398 g/mol. The van der Waals surface area contributed by atoms with Crippen molar-refractivity contribution in [2.24, 2.45) is 0 Å². The molecule has 1 heterocycles. The minimum atomic E-state index is -2.71. The van der Waals surface area contributed by atoms with Crippen LogP contribution in [0.3, 0.4) is 0 Å². The van der Waals surface area contributed by atoms with E-state index in [1.807, 2.05) is 0 Å². The van der Waals surface area contributed by atoms with E-state index in [1.165, 1.54) is 12.1 Å². The van der Waals surface area contributed by atoms with Gasteiger partial charge >= 0.3 is 5.97 Å². The number of carboxylic acid groups (broad SMARTS) is 1. The maximum atomic E-state index is 13.6. The standard InChI is InChI=1S/C22H17ClF2N2O2/c23-14-5-6-18-16(11-14)20(27-19-4-2-1-3-15(19)21(28)29)17(12-26-18)13-7-9-22(24,25)10-8-13/h1-7,11-12H,8-10H2,(H,26,27)(H,28,29). The topological polar surface area (TPSA) is 62.2 Å². The summed E-state index contributed by atoms with van der Waals surface area (Å²) in [5.74, 6) is -3.77. The zero-order valence-corrected chi connectivity index (χ0v) is 16.0. The van der Waals surface area contributed by atoms with Gasteiger partial charge in [0.1, 0.15) is 0 Å². The van der Waals surface area contributed by atoms with Gasteiger partial charge in [0.25, 0.3) is 5.92 Å². The van der Waals surface area contributed by atoms with E-state index in [4.69, 9.17) is 11.6 Å². The summed E-state index contributed by atoms with van der Waals surface area (Å²) in [5.41, 5.74) is 3.18. The van der Waals surface area contributed by atoms with Crippen molar-refractivity contribution in [1.29, 1.82) is 0 Å². The molecule has 0 unspecified atom stereocenters. The zero-order chi connectivity index (χ0) is 20.6. The minimum absolute atomic E-state index is 0.106. The molecule has 1 aromatic heterocycles. The molecule has 0 spiro atoms. The molecule has 4 nitrogen and oxygen atoms in total. The molecule has 1 aliphatic carbocycles. The first-order valence-electron chi connectivity index (χ1n) is 9.09. The molecule has 0 amide bonds.